The molecule has 0 unspecified atom stereocenters. The predicted molar refractivity (Wildman–Crippen MR) is 183 cm³/mol. The number of hydrogen-bond donors (Lipinski definition) is 3. The Morgan fingerprint density at radius 1 is 0.917 bits per heavy atom. The number of Topliss-reactive ketones (excluding diaryl/α,β-unsaturated/α-hetero) is 1. The summed E-state index contributed by atoms with van der Waals surface area (Å²) < 4.78 is 16.1. The number of ether oxygens (including phenoxy) is 3. The highest BCUT2D eigenvalue weighted by molar-refractivity contribution is 8.13. The Kier molecular flexibility index (Phi) is 17.4. The number of benzene rings is 1. The molecule has 0 radical (unpaired) electrons. The van der Waals surface area contributed by atoms with Crippen molar-refractivity contribution in [2.75, 3.05) is 33.2 Å². The lowest BCUT2D eigenvalue weighted by molar-refractivity contribution is -0.167. The van der Waals surface area contributed by atoms with Crippen LogP contribution in [0, 0.1) is 6.92 Å². The second-order valence-corrected chi connectivity index (χ2v) is 13.7. The van der Waals surface area contributed by atoms with Gasteiger partial charge in [0.05, 0.1) is 30.5 Å². The standard InChI is InChI=1S/C33H46N4O9S2/c1-7-33(4,46-28(39)15-11-12-16-47-22(3)38)29(40)24(17-23-13-9-8-10-14-23)35-30(41)25(19-44-5)36-31(42)26(20-45-6)37-32(43)27-18-34-21(2)48-27/h8-10,13-14,18,24-26H,7,11-12,15-17,19-20H2,1-6H3,(H,35,41)(H,36,42)(H,37,43)/t24-,25-,26-,33+/m0/s1. The van der Waals surface area contributed by atoms with Gasteiger partial charge in [0.1, 0.15) is 17.0 Å². The minimum atomic E-state index is -1.55. The van der Waals surface area contributed by atoms with Crippen molar-refractivity contribution in [2.45, 2.75) is 83.5 Å². The zero-order valence-electron chi connectivity index (χ0n) is 28.3. The molecule has 0 spiro atoms. The normalized spacial score (nSPS) is 14.1. The Morgan fingerprint density at radius 2 is 1.52 bits per heavy atom. The summed E-state index contributed by atoms with van der Waals surface area (Å²) in [5, 5.41) is 8.62. The third-order valence-corrected chi connectivity index (χ3v) is 9.11. The van der Waals surface area contributed by atoms with Gasteiger partial charge in [-0.3, -0.25) is 28.8 Å². The van der Waals surface area contributed by atoms with Gasteiger partial charge < -0.3 is 30.2 Å². The van der Waals surface area contributed by atoms with Crippen molar-refractivity contribution in [1.82, 2.24) is 20.9 Å². The van der Waals surface area contributed by atoms with Crippen molar-refractivity contribution >= 4 is 57.7 Å². The number of carbonyl (C=O) groups excluding carboxylic acids is 6. The molecule has 1 heterocycles. The maximum Gasteiger partial charge on any atom is 0.306 e. The summed E-state index contributed by atoms with van der Waals surface area (Å²) in [6, 6.07) is 5.49. The molecule has 0 bridgehead atoms. The molecule has 0 aliphatic carbocycles. The molecule has 4 atom stereocenters. The van der Waals surface area contributed by atoms with Crippen molar-refractivity contribution in [3.05, 3.63) is 52.0 Å². The molecule has 2 rings (SSSR count). The van der Waals surface area contributed by atoms with Gasteiger partial charge in [0.15, 0.2) is 16.5 Å². The van der Waals surface area contributed by atoms with Crippen LogP contribution in [0.2, 0.25) is 0 Å². The van der Waals surface area contributed by atoms with E-state index in [1.165, 1.54) is 46.0 Å². The second kappa shape index (κ2) is 20.6. The maximum absolute atomic E-state index is 14.1. The summed E-state index contributed by atoms with van der Waals surface area (Å²) in [5.41, 5.74) is -0.807. The summed E-state index contributed by atoms with van der Waals surface area (Å²) in [4.78, 5) is 82.0. The lowest BCUT2D eigenvalue weighted by Crippen LogP contribution is -2.60. The number of hydrogen-bond acceptors (Lipinski definition) is 12. The van der Waals surface area contributed by atoms with Crippen molar-refractivity contribution < 1.29 is 43.0 Å². The van der Waals surface area contributed by atoms with Gasteiger partial charge in [0.2, 0.25) is 11.8 Å². The molecule has 48 heavy (non-hydrogen) atoms. The number of esters is 1. The van der Waals surface area contributed by atoms with Crippen molar-refractivity contribution in [1.29, 1.82) is 0 Å². The highest BCUT2D eigenvalue weighted by Crippen LogP contribution is 2.22. The second-order valence-electron chi connectivity index (χ2n) is 11.2. The number of nitrogens with zero attached hydrogens (tertiary/aromatic N) is 1. The van der Waals surface area contributed by atoms with Gasteiger partial charge >= 0.3 is 5.97 Å². The number of aromatic nitrogens is 1. The van der Waals surface area contributed by atoms with Gasteiger partial charge in [-0.05, 0) is 45.1 Å². The van der Waals surface area contributed by atoms with Gasteiger partial charge in [-0.25, -0.2) is 4.98 Å². The zero-order chi connectivity index (χ0) is 35.7. The SMILES string of the molecule is CC[C@@](C)(OC(=O)CCCCSC(C)=O)C(=O)[C@H](Cc1ccccc1)NC(=O)[C@H](COC)NC(=O)[C@H](COC)NC(=O)c1cnc(C)s1. The minimum absolute atomic E-state index is 0.00378. The van der Waals surface area contributed by atoms with Crippen LogP contribution in [0.1, 0.15) is 66.7 Å². The number of aryl methyl sites for hydroxylation is 1. The van der Waals surface area contributed by atoms with E-state index in [1.807, 2.05) is 6.07 Å². The molecule has 1 aromatic carbocycles. The molecular weight excluding hydrogens is 661 g/mol. The Labute approximate surface area is 289 Å². The number of unbranched alkanes of at least 4 members (excludes halogenated alkanes) is 1. The first-order chi connectivity index (χ1) is 22.8. The molecule has 3 N–H and O–H groups in total. The fourth-order valence-electron chi connectivity index (χ4n) is 4.55. The van der Waals surface area contributed by atoms with E-state index in [0.717, 1.165) is 16.9 Å². The number of thioether (sulfide) groups is 1. The van der Waals surface area contributed by atoms with E-state index >= 15 is 0 Å². The first kappa shape index (κ1) is 40.5. The highest BCUT2D eigenvalue weighted by atomic mass is 32.2. The molecule has 13 nitrogen and oxygen atoms in total. The summed E-state index contributed by atoms with van der Waals surface area (Å²) in [7, 11) is 2.72. The Hall–Kier alpha value is -3.66. The van der Waals surface area contributed by atoms with Crippen LogP contribution >= 0.6 is 23.1 Å². The number of thiazole rings is 1. The first-order valence-electron chi connectivity index (χ1n) is 15.6. The quantitative estimate of drug-likeness (QED) is 0.128. The van der Waals surface area contributed by atoms with E-state index in [4.69, 9.17) is 14.2 Å². The fraction of sp³-hybridized carbons (Fsp3) is 0.545. The fourth-order valence-corrected chi connectivity index (χ4v) is 5.87. The Morgan fingerprint density at radius 3 is 2.06 bits per heavy atom. The molecule has 3 amide bonds. The summed E-state index contributed by atoms with van der Waals surface area (Å²) in [6.45, 7) is 6.03. The summed E-state index contributed by atoms with van der Waals surface area (Å²) in [5.74, 6) is -2.44. The summed E-state index contributed by atoms with van der Waals surface area (Å²) >= 11 is 2.35. The van der Waals surface area contributed by atoms with Crippen LogP contribution < -0.4 is 16.0 Å². The average Bonchev–Trinajstić information content (AvgIpc) is 3.49. The third-order valence-electron chi connectivity index (χ3n) is 7.30. The maximum atomic E-state index is 14.1. The number of carbonyl (C=O) groups is 6. The number of methoxy groups -OCH3 is 2. The monoisotopic (exact) mass is 706 g/mol. The van der Waals surface area contributed by atoms with Crippen LogP contribution in [0.4, 0.5) is 0 Å². The third kappa shape index (κ3) is 13.5. The van der Waals surface area contributed by atoms with Crippen LogP contribution in [0.25, 0.3) is 0 Å². The smallest absolute Gasteiger partial charge is 0.306 e. The van der Waals surface area contributed by atoms with Gasteiger partial charge in [-0.2, -0.15) is 0 Å². The molecule has 0 aliphatic rings. The largest absolute Gasteiger partial charge is 0.451 e. The Balaban J connectivity index is 2.22. The van der Waals surface area contributed by atoms with Crippen LogP contribution in [-0.4, -0.2) is 96.5 Å². The molecular formula is C33H46N4O9S2. The minimum Gasteiger partial charge on any atom is -0.451 e. The summed E-state index contributed by atoms with van der Waals surface area (Å²) in [6.07, 6.45) is 2.83. The molecule has 0 aliphatic heterocycles. The van der Waals surface area contributed by atoms with E-state index < -0.39 is 53.2 Å². The van der Waals surface area contributed by atoms with E-state index in [9.17, 15) is 28.8 Å². The number of ketones is 1. The van der Waals surface area contributed by atoms with Crippen LogP contribution in [0.15, 0.2) is 36.5 Å². The van der Waals surface area contributed by atoms with E-state index in [0.29, 0.717) is 28.5 Å². The molecule has 264 valence electrons. The van der Waals surface area contributed by atoms with E-state index in [2.05, 4.69) is 20.9 Å². The van der Waals surface area contributed by atoms with E-state index in [1.54, 1.807) is 38.1 Å². The molecule has 1 aromatic heterocycles. The molecule has 0 saturated carbocycles. The van der Waals surface area contributed by atoms with Gasteiger partial charge in [0, 0.05) is 33.3 Å². The highest BCUT2D eigenvalue weighted by Gasteiger charge is 2.41. The van der Waals surface area contributed by atoms with Gasteiger partial charge in [-0.1, -0.05) is 49.0 Å². The zero-order valence-corrected chi connectivity index (χ0v) is 29.9. The topological polar surface area (TPSA) is 179 Å². The van der Waals surface area contributed by atoms with E-state index in [-0.39, 0.29) is 37.6 Å². The molecule has 2 aromatic rings. The molecule has 15 heteroatoms. The van der Waals surface area contributed by atoms with Crippen molar-refractivity contribution in [2.24, 2.45) is 0 Å². The van der Waals surface area contributed by atoms with Crippen molar-refractivity contribution in [3.8, 4) is 0 Å². The number of nitrogens with one attached hydrogen (secondary N) is 3. The Bertz CT molecular complexity index is 1390. The number of rotatable bonds is 21. The first-order valence-corrected chi connectivity index (χ1v) is 17.4. The van der Waals surface area contributed by atoms with Crippen LogP contribution in [0.3, 0.4) is 0 Å². The number of amides is 3. The van der Waals surface area contributed by atoms with Crippen molar-refractivity contribution in [3.63, 3.8) is 0 Å². The molecule has 0 saturated heterocycles. The lowest BCUT2D eigenvalue weighted by atomic mass is 9.88. The average molecular weight is 707 g/mol. The van der Waals surface area contributed by atoms with Gasteiger partial charge in [-0.15, -0.1) is 11.3 Å². The predicted octanol–water partition coefficient (Wildman–Crippen LogP) is 2.79. The molecule has 0 fully saturated rings. The van der Waals surface area contributed by atoms with Gasteiger partial charge in [0.25, 0.3) is 5.91 Å². The van der Waals surface area contributed by atoms with Crippen LogP contribution in [-0.2, 0) is 44.6 Å². The lowest BCUT2D eigenvalue weighted by Gasteiger charge is -2.32. The van der Waals surface area contributed by atoms with Crippen LogP contribution in [0.5, 0.6) is 0 Å².